The summed E-state index contributed by atoms with van der Waals surface area (Å²) in [7, 11) is 0. The first kappa shape index (κ1) is 26.4. The van der Waals surface area contributed by atoms with Gasteiger partial charge in [-0.3, -0.25) is 4.99 Å². The number of carboxylic acid groups (broad SMARTS) is 1. The van der Waals surface area contributed by atoms with E-state index < -0.39 is 45.3 Å². The largest absolute Gasteiger partial charge is 0.478 e. The number of thiophene rings is 1. The van der Waals surface area contributed by atoms with Crippen molar-refractivity contribution in [2.75, 3.05) is 0 Å². The molecular formula is C18H8Cl2F7N3O2S. The maximum absolute atomic E-state index is 14.3. The summed E-state index contributed by atoms with van der Waals surface area (Å²) < 4.78 is 92.0. The van der Waals surface area contributed by atoms with Gasteiger partial charge in [-0.05, 0) is 18.2 Å². The number of alkyl halides is 7. The van der Waals surface area contributed by atoms with E-state index in [2.05, 4.69) is 4.99 Å². The van der Waals surface area contributed by atoms with Gasteiger partial charge in [0, 0.05) is 28.4 Å². The SMILES string of the molecule is N#Cc1sc(C(C=Nc2c(Cl)cc(C(F)(C(F)(F)F)C(F)(F)F)cc2Cl)=CN)cc1C(=O)O. The summed E-state index contributed by atoms with van der Waals surface area (Å²) in [5.74, 6) is -1.40. The van der Waals surface area contributed by atoms with Gasteiger partial charge >= 0.3 is 24.0 Å². The molecule has 0 radical (unpaired) electrons. The average Bonchev–Trinajstić information content (AvgIpc) is 3.12. The number of carboxylic acids is 1. The molecule has 0 spiro atoms. The molecule has 0 unspecified atom stereocenters. The molecule has 15 heteroatoms. The van der Waals surface area contributed by atoms with Gasteiger partial charge in [-0.15, -0.1) is 11.3 Å². The van der Waals surface area contributed by atoms with Gasteiger partial charge in [0.2, 0.25) is 0 Å². The Kier molecular flexibility index (Phi) is 7.37. The fraction of sp³-hybridized carbons (Fsp3) is 0.167. The van der Waals surface area contributed by atoms with Gasteiger partial charge in [-0.25, -0.2) is 9.18 Å². The molecule has 0 saturated heterocycles. The molecule has 176 valence electrons. The molecule has 0 saturated carbocycles. The zero-order valence-corrected chi connectivity index (χ0v) is 17.9. The first-order valence-electron chi connectivity index (χ1n) is 8.13. The molecule has 0 aliphatic rings. The minimum absolute atomic E-state index is 0.0191. The fourth-order valence-corrected chi connectivity index (χ4v) is 4.00. The highest BCUT2D eigenvalue weighted by Gasteiger charge is 2.73. The van der Waals surface area contributed by atoms with Crippen molar-refractivity contribution in [3.8, 4) is 6.07 Å². The van der Waals surface area contributed by atoms with E-state index in [1.165, 1.54) is 0 Å². The van der Waals surface area contributed by atoms with Gasteiger partial charge in [-0.1, -0.05) is 23.2 Å². The fourth-order valence-electron chi connectivity index (χ4n) is 2.47. The van der Waals surface area contributed by atoms with Crippen molar-refractivity contribution in [1.82, 2.24) is 0 Å². The maximum atomic E-state index is 14.3. The van der Waals surface area contributed by atoms with Crippen LogP contribution in [0.4, 0.5) is 36.4 Å². The van der Waals surface area contributed by atoms with Crippen molar-refractivity contribution in [2.45, 2.75) is 18.0 Å². The summed E-state index contributed by atoms with van der Waals surface area (Å²) in [6.07, 6.45) is -10.9. The van der Waals surface area contributed by atoms with E-state index >= 15 is 0 Å². The van der Waals surface area contributed by atoms with Crippen molar-refractivity contribution < 1.29 is 40.6 Å². The number of hydrogen-bond acceptors (Lipinski definition) is 5. The molecule has 5 nitrogen and oxygen atoms in total. The molecule has 1 aromatic heterocycles. The minimum atomic E-state index is -6.36. The molecular weight excluding hydrogens is 526 g/mol. The van der Waals surface area contributed by atoms with E-state index in [9.17, 15) is 35.5 Å². The number of halogens is 9. The molecule has 0 bridgehead atoms. The molecule has 0 aliphatic carbocycles. The quantitative estimate of drug-likeness (QED) is 0.333. The Labute approximate surface area is 194 Å². The van der Waals surface area contributed by atoms with Crippen LogP contribution in [0.3, 0.4) is 0 Å². The predicted octanol–water partition coefficient (Wildman–Crippen LogP) is 6.62. The first-order chi connectivity index (χ1) is 15.1. The standard InChI is InChI=1S/C18H8Cl2F7N3O2S/c19-10-1-8(16(21,17(22,23)24)18(25,26)27)2-11(20)14(10)30-6-7(4-28)12-3-9(15(31)32)13(5-29)33-12/h1-4,6H,28H2,(H,31,32). The molecule has 2 aromatic rings. The monoisotopic (exact) mass is 533 g/mol. The summed E-state index contributed by atoms with van der Waals surface area (Å²) in [6.45, 7) is 0. The number of nitrogens with two attached hydrogens (primary N) is 1. The summed E-state index contributed by atoms with van der Waals surface area (Å²) in [4.78, 5) is 14.9. The molecule has 3 N–H and O–H groups in total. The number of nitriles is 1. The van der Waals surface area contributed by atoms with Crippen molar-refractivity contribution in [2.24, 2.45) is 10.7 Å². The Morgan fingerprint density at radius 3 is 1.97 bits per heavy atom. The Hall–Kier alpha value is -2.82. The second kappa shape index (κ2) is 9.20. The van der Waals surface area contributed by atoms with Gasteiger partial charge in [0.25, 0.3) is 0 Å². The van der Waals surface area contributed by atoms with Crippen molar-refractivity contribution >= 4 is 58.0 Å². The lowest BCUT2D eigenvalue weighted by molar-refractivity contribution is -0.348. The van der Waals surface area contributed by atoms with Crippen LogP contribution in [0.2, 0.25) is 10.0 Å². The topological polar surface area (TPSA) is 99.5 Å². The third-order valence-electron chi connectivity index (χ3n) is 4.06. The Bertz CT molecular complexity index is 1160. The van der Waals surface area contributed by atoms with Crippen molar-refractivity contribution in [3.63, 3.8) is 0 Å². The Morgan fingerprint density at radius 2 is 1.61 bits per heavy atom. The lowest BCUT2D eigenvalue weighted by atomic mass is 9.94. The highest BCUT2D eigenvalue weighted by atomic mass is 35.5. The third kappa shape index (κ3) is 4.92. The van der Waals surface area contributed by atoms with Crippen molar-refractivity contribution in [3.05, 3.63) is 55.3 Å². The Morgan fingerprint density at radius 1 is 1.09 bits per heavy atom. The number of allylic oxidation sites excluding steroid dienone is 1. The molecule has 0 amide bonds. The van der Waals surface area contributed by atoms with Crippen LogP contribution in [0.15, 0.2) is 29.4 Å². The lowest BCUT2D eigenvalue weighted by Crippen LogP contribution is -2.50. The van der Waals surface area contributed by atoms with Crippen LogP contribution in [-0.4, -0.2) is 29.6 Å². The van der Waals surface area contributed by atoms with Crippen LogP contribution in [0.5, 0.6) is 0 Å². The van der Waals surface area contributed by atoms with E-state index in [0.29, 0.717) is 0 Å². The highest BCUT2D eigenvalue weighted by molar-refractivity contribution is 7.14. The number of carbonyl (C=O) groups is 1. The van der Waals surface area contributed by atoms with Gasteiger partial charge in [0.1, 0.15) is 16.6 Å². The molecule has 33 heavy (non-hydrogen) atoms. The number of aliphatic imine (C=N–C) groups is 1. The van der Waals surface area contributed by atoms with Crippen molar-refractivity contribution in [1.29, 1.82) is 5.26 Å². The summed E-state index contributed by atoms with van der Waals surface area (Å²) in [5.41, 5.74) is -3.00. The maximum Gasteiger partial charge on any atom is 0.435 e. The number of benzene rings is 1. The third-order valence-corrected chi connectivity index (χ3v) is 5.72. The molecule has 0 aliphatic heterocycles. The van der Waals surface area contributed by atoms with E-state index in [0.717, 1.165) is 29.8 Å². The number of nitrogens with zero attached hydrogens (tertiary/aromatic N) is 2. The van der Waals surface area contributed by atoms with Crippen LogP contribution in [0.25, 0.3) is 5.57 Å². The molecule has 0 fully saturated rings. The molecule has 1 aromatic carbocycles. The highest BCUT2D eigenvalue weighted by Crippen LogP contribution is 2.54. The van der Waals surface area contributed by atoms with E-state index in [1.807, 2.05) is 0 Å². The number of aromatic carboxylic acids is 1. The normalized spacial score (nSPS) is 13.4. The number of hydrogen-bond donors (Lipinski definition) is 2. The first-order valence-corrected chi connectivity index (χ1v) is 9.71. The van der Waals surface area contributed by atoms with Crippen LogP contribution in [0.1, 0.15) is 25.7 Å². The molecule has 0 atom stereocenters. The smallest absolute Gasteiger partial charge is 0.435 e. The van der Waals surface area contributed by atoms with E-state index in [1.54, 1.807) is 6.07 Å². The zero-order chi connectivity index (χ0) is 25.4. The summed E-state index contributed by atoms with van der Waals surface area (Å²) >= 11 is 12.2. The summed E-state index contributed by atoms with van der Waals surface area (Å²) in [6, 6.07) is 2.96. The lowest BCUT2D eigenvalue weighted by Gasteiger charge is -2.30. The second-order valence-electron chi connectivity index (χ2n) is 6.09. The van der Waals surface area contributed by atoms with Crippen LogP contribution < -0.4 is 5.73 Å². The minimum Gasteiger partial charge on any atom is -0.478 e. The molecule has 1 heterocycles. The van der Waals surface area contributed by atoms with Crippen LogP contribution in [0, 0.1) is 11.3 Å². The molecule has 2 rings (SSSR count). The predicted molar refractivity (Wildman–Crippen MR) is 108 cm³/mol. The van der Waals surface area contributed by atoms with Gasteiger partial charge in [0.15, 0.2) is 0 Å². The Balaban J connectivity index is 2.54. The van der Waals surface area contributed by atoms with Gasteiger partial charge < -0.3 is 10.8 Å². The zero-order valence-electron chi connectivity index (χ0n) is 15.5. The van der Waals surface area contributed by atoms with Gasteiger partial charge in [0.05, 0.1) is 15.6 Å². The number of rotatable bonds is 5. The second-order valence-corrected chi connectivity index (χ2v) is 7.96. The van der Waals surface area contributed by atoms with E-state index in [-0.39, 0.29) is 33.0 Å². The van der Waals surface area contributed by atoms with Gasteiger partial charge in [-0.2, -0.15) is 31.6 Å². The van der Waals surface area contributed by atoms with Crippen LogP contribution in [-0.2, 0) is 5.67 Å². The summed E-state index contributed by atoms with van der Waals surface area (Å²) in [5, 5.41) is 16.4. The van der Waals surface area contributed by atoms with E-state index in [4.69, 9.17) is 39.3 Å². The van der Waals surface area contributed by atoms with Crippen LogP contribution >= 0.6 is 34.5 Å². The average molecular weight is 534 g/mol.